The summed E-state index contributed by atoms with van der Waals surface area (Å²) in [6.45, 7) is 0.515. The van der Waals surface area contributed by atoms with Crippen LogP contribution < -0.4 is 19.5 Å². The van der Waals surface area contributed by atoms with Crippen LogP contribution in [0.2, 0.25) is 0 Å². The molecule has 2 aliphatic heterocycles. The molecule has 3 aromatic rings. The van der Waals surface area contributed by atoms with Crippen LogP contribution in [-0.4, -0.2) is 49.3 Å². The number of anilines is 1. The highest BCUT2D eigenvalue weighted by Gasteiger charge is 2.38. The quantitative estimate of drug-likeness (QED) is 0.562. The number of hydrogen-bond acceptors (Lipinski definition) is 9. The van der Waals surface area contributed by atoms with Crippen molar-refractivity contribution >= 4 is 33.0 Å². The van der Waals surface area contributed by atoms with Crippen LogP contribution >= 0.6 is 11.3 Å². The molecule has 2 aromatic carbocycles. The molecule has 1 aromatic heterocycles. The summed E-state index contributed by atoms with van der Waals surface area (Å²) in [6.07, 6.45) is 1.30. The number of aromatic nitrogens is 2. The van der Waals surface area contributed by atoms with Crippen molar-refractivity contribution in [3.8, 4) is 17.2 Å². The zero-order valence-corrected chi connectivity index (χ0v) is 19.2. The van der Waals surface area contributed by atoms with Gasteiger partial charge in [0.05, 0.1) is 18.0 Å². The fraction of sp³-hybridized carbons (Fsp3) is 0.286. The Labute approximate surface area is 194 Å². The lowest BCUT2D eigenvalue weighted by Gasteiger charge is -2.22. The molecule has 0 saturated carbocycles. The molecule has 0 radical (unpaired) electrons. The second kappa shape index (κ2) is 8.61. The van der Waals surface area contributed by atoms with E-state index in [1.807, 2.05) is 0 Å². The lowest BCUT2D eigenvalue weighted by atomic mass is 10.2. The Morgan fingerprint density at radius 3 is 2.73 bits per heavy atom. The van der Waals surface area contributed by atoms with Crippen LogP contribution in [-0.2, 0) is 10.0 Å². The summed E-state index contributed by atoms with van der Waals surface area (Å²) in [5.41, 5.74) is 0.533. The molecule has 12 heteroatoms. The molecule has 5 rings (SSSR count). The molecule has 1 atom stereocenters. The van der Waals surface area contributed by atoms with E-state index < -0.39 is 22.0 Å². The minimum absolute atomic E-state index is 0.143. The van der Waals surface area contributed by atoms with Crippen LogP contribution in [0.4, 0.5) is 5.69 Å². The van der Waals surface area contributed by atoms with Gasteiger partial charge in [0.25, 0.3) is 5.91 Å². The first-order valence-corrected chi connectivity index (χ1v) is 12.4. The van der Waals surface area contributed by atoms with E-state index in [0.717, 1.165) is 11.3 Å². The number of ether oxygens (including phenoxy) is 3. The fourth-order valence-corrected chi connectivity index (χ4v) is 6.39. The van der Waals surface area contributed by atoms with Gasteiger partial charge >= 0.3 is 0 Å². The maximum absolute atomic E-state index is 13.2. The maximum Gasteiger partial charge on any atom is 0.286 e. The number of rotatable bonds is 6. The summed E-state index contributed by atoms with van der Waals surface area (Å²) < 4.78 is 43.6. The first-order valence-electron chi connectivity index (χ1n) is 10.2. The van der Waals surface area contributed by atoms with Gasteiger partial charge in [0, 0.05) is 18.3 Å². The number of methoxy groups -OCH3 is 1. The van der Waals surface area contributed by atoms with E-state index in [1.165, 1.54) is 23.5 Å². The summed E-state index contributed by atoms with van der Waals surface area (Å²) in [7, 11) is -2.21. The smallest absolute Gasteiger partial charge is 0.286 e. The largest absolute Gasteiger partial charge is 0.497 e. The molecule has 0 bridgehead atoms. The molecule has 1 N–H and O–H groups in total. The molecule has 0 spiro atoms. The van der Waals surface area contributed by atoms with E-state index in [9.17, 15) is 13.2 Å². The SMILES string of the molecule is COc1ccc(S(=O)(=O)N2CCC[C@H]2c2nnc(C(=O)Nc3ccc4c(c3)OCO4)s2)cc1. The van der Waals surface area contributed by atoms with Gasteiger partial charge in [0.1, 0.15) is 10.8 Å². The van der Waals surface area contributed by atoms with Crippen LogP contribution in [0.3, 0.4) is 0 Å². The van der Waals surface area contributed by atoms with E-state index in [0.29, 0.717) is 47.3 Å². The molecule has 3 heterocycles. The second-order valence-corrected chi connectivity index (χ2v) is 10.3. The Kier molecular flexibility index (Phi) is 5.64. The Morgan fingerprint density at radius 2 is 1.94 bits per heavy atom. The third-order valence-corrected chi connectivity index (χ3v) is 8.37. The Hall–Kier alpha value is -3.22. The molecule has 172 valence electrons. The van der Waals surface area contributed by atoms with Crippen LogP contribution in [0, 0.1) is 0 Å². The van der Waals surface area contributed by atoms with Crippen LogP contribution in [0.1, 0.15) is 33.7 Å². The van der Waals surface area contributed by atoms with Gasteiger partial charge in [-0.15, -0.1) is 10.2 Å². The Bertz CT molecular complexity index is 1290. The average molecular weight is 489 g/mol. The molecular formula is C21H20N4O6S2. The summed E-state index contributed by atoms with van der Waals surface area (Å²) in [6, 6.07) is 10.9. The molecule has 10 nitrogen and oxygen atoms in total. The molecule has 1 fully saturated rings. The lowest BCUT2D eigenvalue weighted by Crippen LogP contribution is -2.30. The van der Waals surface area contributed by atoms with Gasteiger partial charge in [-0.3, -0.25) is 4.79 Å². The summed E-state index contributed by atoms with van der Waals surface area (Å²) in [4.78, 5) is 12.9. The van der Waals surface area contributed by atoms with Crippen molar-refractivity contribution in [2.45, 2.75) is 23.8 Å². The Morgan fingerprint density at radius 1 is 1.15 bits per heavy atom. The van der Waals surface area contributed by atoms with Crippen LogP contribution in [0.15, 0.2) is 47.4 Å². The van der Waals surface area contributed by atoms with Gasteiger partial charge in [-0.1, -0.05) is 11.3 Å². The first kappa shape index (κ1) is 21.6. The topological polar surface area (TPSA) is 120 Å². The van der Waals surface area contributed by atoms with Gasteiger partial charge in [0.2, 0.25) is 21.8 Å². The maximum atomic E-state index is 13.2. The molecule has 0 aliphatic carbocycles. The van der Waals surface area contributed by atoms with Crippen molar-refractivity contribution in [1.29, 1.82) is 0 Å². The fourth-order valence-electron chi connectivity index (χ4n) is 3.78. The summed E-state index contributed by atoms with van der Waals surface area (Å²) in [5, 5.41) is 11.5. The molecular weight excluding hydrogens is 468 g/mol. The van der Waals surface area contributed by atoms with E-state index in [1.54, 1.807) is 30.3 Å². The number of sulfonamides is 1. The number of benzene rings is 2. The van der Waals surface area contributed by atoms with E-state index in [4.69, 9.17) is 14.2 Å². The summed E-state index contributed by atoms with van der Waals surface area (Å²) >= 11 is 1.09. The van der Waals surface area contributed by atoms with Crippen molar-refractivity contribution in [3.05, 3.63) is 52.5 Å². The van der Waals surface area contributed by atoms with Crippen molar-refractivity contribution in [2.75, 3.05) is 25.8 Å². The van der Waals surface area contributed by atoms with Crippen LogP contribution in [0.5, 0.6) is 17.2 Å². The first-order chi connectivity index (χ1) is 16.0. The monoisotopic (exact) mass is 488 g/mol. The van der Waals surface area contributed by atoms with Crippen LogP contribution in [0.25, 0.3) is 0 Å². The number of fused-ring (bicyclic) bond motifs is 1. The highest BCUT2D eigenvalue weighted by atomic mass is 32.2. The Balaban J connectivity index is 1.33. The van der Waals surface area contributed by atoms with Gasteiger partial charge in [-0.25, -0.2) is 8.42 Å². The predicted octanol–water partition coefficient (Wildman–Crippen LogP) is 3.05. The number of amides is 1. The standard InChI is InChI=1S/C21H20N4O6S2/c1-29-14-5-7-15(8-6-14)33(27,28)25-10-2-3-16(25)20-23-24-21(32-20)19(26)22-13-4-9-17-18(11-13)31-12-30-17/h4-9,11,16H,2-3,10,12H2,1H3,(H,22,26)/t16-/m0/s1. The third-order valence-electron chi connectivity index (χ3n) is 5.42. The van der Waals surface area contributed by atoms with Crippen molar-refractivity contribution in [3.63, 3.8) is 0 Å². The molecule has 1 amide bonds. The van der Waals surface area contributed by atoms with Gasteiger partial charge in [-0.05, 0) is 49.2 Å². The number of carbonyl (C=O) groups is 1. The third kappa shape index (κ3) is 4.12. The van der Waals surface area contributed by atoms with E-state index in [2.05, 4.69) is 15.5 Å². The predicted molar refractivity (Wildman–Crippen MR) is 119 cm³/mol. The van der Waals surface area contributed by atoms with Crippen molar-refractivity contribution in [2.24, 2.45) is 0 Å². The lowest BCUT2D eigenvalue weighted by molar-refractivity contribution is 0.102. The highest BCUT2D eigenvalue weighted by molar-refractivity contribution is 7.89. The second-order valence-electron chi connectivity index (χ2n) is 7.42. The van der Waals surface area contributed by atoms with E-state index >= 15 is 0 Å². The molecule has 0 unspecified atom stereocenters. The highest BCUT2D eigenvalue weighted by Crippen LogP contribution is 2.38. The van der Waals surface area contributed by atoms with E-state index in [-0.39, 0.29) is 16.7 Å². The molecule has 2 aliphatic rings. The molecule has 33 heavy (non-hydrogen) atoms. The van der Waals surface area contributed by atoms with Gasteiger partial charge in [-0.2, -0.15) is 4.31 Å². The number of carbonyl (C=O) groups excluding carboxylic acids is 1. The minimum atomic E-state index is -3.74. The average Bonchev–Trinajstić information content (AvgIpc) is 3.58. The van der Waals surface area contributed by atoms with Crippen molar-refractivity contribution in [1.82, 2.24) is 14.5 Å². The van der Waals surface area contributed by atoms with Gasteiger partial charge < -0.3 is 19.5 Å². The number of nitrogens with one attached hydrogen (secondary N) is 1. The zero-order valence-electron chi connectivity index (χ0n) is 17.6. The van der Waals surface area contributed by atoms with Gasteiger partial charge in [0.15, 0.2) is 11.5 Å². The minimum Gasteiger partial charge on any atom is -0.497 e. The van der Waals surface area contributed by atoms with Crippen molar-refractivity contribution < 1.29 is 27.4 Å². The normalized spacial score (nSPS) is 17.8. The number of hydrogen-bond donors (Lipinski definition) is 1. The zero-order chi connectivity index (χ0) is 23.0. The summed E-state index contributed by atoms with van der Waals surface area (Å²) in [5.74, 6) is 1.32. The number of nitrogens with zero attached hydrogens (tertiary/aromatic N) is 3. The molecule has 1 saturated heterocycles.